The van der Waals surface area contributed by atoms with Crippen molar-refractivity contribution in [3.8, 4) is 67.0 Å². The molecule has 0 aliphatic heterocycles. The third-order valence-electron chi connectivity index (χ3n) is 15.5. The smallest absolute Gasteiger partial charge is 0.141 e. The Morgan fingerprint density at radius 1 is 0.261 bits per heavy atom. The number of hydrogen-bond donors (Lipinski definition) is 0. The van der Waals surface area contributed by atoms with Crippen LogP contribution in [0.2, 0.25) is 0 Å². The van der Waals surface area contributed by atoms with Crippen LogP contribution < -0.4 is 38.2 Å². The minimum absolute atomic E-state index is 1.15. The van der Waals surface area contributed by atoms with E-state index in [1.54, 1.807) is 0 Å². The second kappa shape index (κ2) is 16.8. The van der Waals surface area contributed by atoms with Gasteiger partial charge in [-0.1, -0.05) is 197 Å². The third-order valence-corrected chi connectivity index (χ3v) is 15.5. The maximum atomic E-state index is 2.58. The van der Waals surface area contributed by atoms with Crippen LogP contribution in [0.25, 0.3) is 111 Å². The first-order chi connectivity index (χ1) is 33.7. The summed E-state index contributed by atoms with van der Waals surface area (Å²) in [5.41, 5.74) is 29.0. The summed E-state index contributed by atoms with van der Waals surface area (Å²) >= 11 is 0. The first kappa shape index (κ1) is 42.6. The van der Waals surface area contributed by atoms with Gasteiger partial charge in [0.2, 0.25) is 0 Å². The Hall–Kier alpha value is -7.75. The van der Waals surface area contributed by atoms with E-state index in [9.17, 15) is 0 Å². The molecule has 2 heterocycles. The second-order valence-electron chi connectivity index (χ2n) is 19.1. The van der Waals surface area contributed by atoms with Gasteiger partial charge in [0.15, 0.2) is 0 Å². The molecular formula is C60H47B7N2. The molecule has 0 bridgehead atoms. The molecular weight excluding hydrogens is 824 g/mol. The van der Waals surface area contributed by atoms with E-state index in [1.165, 1.54) is 143 Å². The summed E-state index contributed by atoms with van der Waals surface area (Å²) in [6.07, 6.45) is 0. The van der Waals surface area contributed by atoms with Crippen molar-refractivity contribution in [3.63, 3.8) is 0 Å². The lowest BCUT2D eigenvalue weighted by Crippen LogP contribution is -2.48. The fourth-order valence-corrected chi connectivity index (χ4v) is 11.5. The summed E-state index contributed by atoms with van der Waals surface area (Å²) in [6, 6.07) is 73.4. The highest BCUT2D eigenvalue weighted by Crippen LogP contribution is 2.41. The van der Waals surface area contributed by atoms with Crippen molar-refractivity contribution in [1.29, 1.82) is 0 Å². The maximum Gasteiger partial charge on any atom is 0.141 e. The Labute approximate surface area is 410 Å². The van der Waals surface area contributed by atoms with Crippen LogP contribution >= 0.6 is 0 Å². The lowest BCUT2D eigenvalue weighted by atomic mass is 9.64. The highest BCUT2D eigenvalue weighted by Gasteiger charge is 2.26. The normalized spacial score (nSPS) is 11.6. The van der Waals surface area contributed by atoms with E-state index in [1.807, 2.05) is 0 Å². The monoisotopic (exact) mass is 872 g/mol. The number of nitrogens with zero attached hydrogens (tertiary/aromatic N) is 2. The molecule has 2 nitrogen and oxygen atoms in total. The van der Waals surface area contributed by atoms with Crippen molar-refractivity contribution in [2.45, 2.75) is 0 Å². The van der Waals surface area contributed by atoms with E-state index >= 15 is 0 Å². The van der Waals surface area contributed by atoms with Crippen molar-refractivity contribution in [3.05, 3.63) is 200 Å². The summed E-state index contributed by atoms with van der Waals surface area (Å²) < 4.78 is 5.07. The summed E-state index contributed by atoms with van der Waals surface area (Å²) in [7, 11) is 16.3. The van der Waals surface area contributed by atoms with Crippen LogP contribution in [0.3, 0.4) is 0 Å². The van der Waals surface area contributed by atoms with Crippen LogP contribution in [0.15, 0.2) is 200 Å². The summed E-state index contributed by atoms with van der Waals surface area (Å²) in [5, 5.41) is 5.20. The molecule has 9 heteroatoms. The molecule has 0 saturated heterocycles. The van der Waals surface area contributed by atoms with Crippen molar-refractivity contribution in [2.75, 3.05) is 0 Å². The molecule has 0 atom stereocenters. The lowest BCUT2D eigenvalue weighted by Gasteiger charge is -2.19. The van der Waals surface area contributed by atoms with Crippen LogP contribution in [0.5, 0.6) is 0 Å². The molecule has 69 heavy (non-hydrogen) atoms. The lowest BCUT2D eigenvalue weighted by molar-refractivity contribution is 1.18. The van der Waals surface area contributed by atoms with Crippen molar-refractivity contribution >= 4 is 137 Å². The summed E-state index contributed by atoms with van der Waals surface area (Å²) in [5.74, 6) is 0. The van der Waals surface area contributed by atoms with E-state index in [-0.39, 0.29) is 0 Å². The maximum absolute atomic E-state index is 2.58. The third kappa shape index (κ3) is 6.81. The number of rotatable bonds is 7. The van der Waals surface area contributed by atoms with E-state index in [0.717, 1.165) is 5.69 Å². The van der Waals surface area contributed by atoms with Gasteiger partial charge in [-0.3, -0.25) is 0 Å². The molecule has 0 unspecified atom stereocenters. The van der Waals surface area contributed by atoms with Gasteiger partial charge in [0, 0.05) is 44.1 Å². The van der Waals surface area contributed by atoms with Crippen molar-refractivity contribution < 1.29 is 0 Å². The molecule has 0 N–H and O–H groups in total. The number of benzene rings is 10. The molecule has 0 amide bonds. The van der Waals surface area contributed by atoms with Crippen LogP contribution in [0, 0.1) is 0 Å². The SMILES string of the molecule is Bc1c(B)c(B)c2c(c1B)c1c(B)c(-c3ccc4c(c3)c3cccc(-c5ccccc5)c3n4-c3cccc(-c4ccccc4)c3)c(B)c(B)c1n2-c1ccc(-c2ccc(-c3ccccc3)cc2)cc1. The quantitative estimate of drug-likeness (QED) is 0.215. The Bertz CT molecular complexity index is 3990. The molecule has 10 aromatic carbocycles. The van der Waals surface area contributed by atoms with Gasteiger partial charge in [-0.2, -0.15) is 0 Å². The number of para-hydroxylation sites is 1. The number of fused-ring (bicyclic) bond motifs is 6. The number of aromatic nitrogens is 2. The average molecular weight is 872 g/mol. The van der Waals surface area contributed by atoms with Gasteiger partial charge in [0.1, 0.15) is 54.9 Å². The second-order valence-corrected chi connectivity index (χ2v) is 19.1. The summed E-state index contributed by atoms with van der Waals surface area (Å²) in [6.45, 7) is 0. The molecule has 0 saturated carbocycles. The van der Waals surface area contributed by atoms with Gasteiger partial charge in [-0.05, 0) is 91.9 Å². The molecule has 2 aromatic heterocycles. The zero-order valence-corrected chi connectivity index (χ0v) is 40.4. The van der Waals surface area contributed by atoms with Gasteiger partial charge in [0.05, 0.1) is 11.0 Å². The predicted octanol–water partition coefficient (Wildman–Crippen LogP) is 4.02. The molecule has 0 fully saturated rings. The summed E-state index contributed by atoms with van der Waals surface area (Å²) in [4.78, 5) is 0. The first-order valence-corrected chi connectivity index (χ1v) is 24.3. The molecule has 0 radical (unpaired) electrons. The van der Waals surface area contributed by atoms with Crippen LogP contribution in [0.1, 0.15) is 0 Å². The molecule has 0 spiro atoms. The Morgan fingerprint density at radius 3 is 1.36 bits per heavy atom. The standard InChI is InChI=1S/C60H47B7N2/c61-51-48(41-28-31-47-46(33-41)45-21-11-20-44(39-16-8-3-9-17-39)58(45)68(47)43-19-10-18-40(32-43)35-14-6-2-7-15-35)52(62)56(66)59-49(51)50-53(63)54(64)55(65)57(67)60(50)69(59)42-29-26-38(27-30-42)37-24-22-36(23-25-37)34-12-4-1-5-13-34/h1-33H,61-67H2. The van der Waals surface area contributed by atoms with E-state index in [2.05, 4.69) is 264 Å². The van der Waals surface area contributed by atoms with Crippen LogP contribution in [-0.4, -0.2) is 64.1 Å². The van der Waals surface area contributed by atoms with Crippen molar-refractivity contribution in [1.82, 2.24) is 9.13 Å². The molecule has 0 aliphatic carbocycles. The van der Waals surface area contributed by atoms with E-state index < -0.39 is 0 Å². The van der Waals surface area contributed by atoms with Crippen LogP contribution in [-0.2, 0) is 0 Å². The minimum Gasteiger partial charge on any atom is -0.310 e. The fraction of sp³-hybridized carbons (Fsp3) is 0. The largest absolute Gasteiger partial charge is 0.310 e. The molecule has 0 aliphatic rings. The zero-order chi connectivity index (χ0) is 47.1. The zero-order valence-electron chi connectivity index (χ0n) is 40.4. The highest BCUT2D eigenvalue weighted by atomic mass is 15.0. The first-order valence-electron chi connectivity index (χ1n) is 24.3. The van der Waals surface area contributed by atoms with E-state index in [4.69, 9.17) is 0 Å². The van der Waals surface area contributed by atoms with Gasteiger partial charge >= 0.3 is 0 Å². The average Bonchev–Trinajstić information content (AvgIpc) is 3.94. The minimum atomic E-state index is 1.15. The van der Waals surface area contributed by atoms with E-state index in [0.29, 0.717) is 0 Å². The van der Waals surface area contributed by atoms with Gasteiger partial charge in [-0.15, -0.1) is 5.46 Å². The Kier molecular flexibility index (Phi) is 10.4. The number of hydrogen-bond acceptors (Lipinski definition) is 0. The molecule has 12 rings (SSSR count). The molecule has 12 aromatic rings. The topological polar surface area (TPSA) is 9.86 Å². The highest BCUT2D eigenvalue weighted by molar-refractivity contribution is 6.69. The molecule has 318 valence electrons. The van der Waals surface area contributed by atoms with Crippen molar-refractivity contribution in [2.24, 2.45) is 0 Å². The van der Waals surface area contributed by atoms with Crippen LogP contribution in [0.4, 0.5) is 0 Å². The van der Waals surface area contributed by atoms with Gasteiger partial charge in [0.25, 0.3) is 0 Å². The van der Waals surface area contributed by atoms with Gasteiger partial charge in [-0.25, -0.2) is 0 Å². The predicted molar refractivity (Wildman–Crippen MR) is 320 cm³/mol. The Morgan fingerprint density at radius 2 is 0.739 bits per heavy atom. The van der Waals surface area contributed by atoms with Gasteiger partial charge < -0.3 is 9.13 Å². The Balaban J connectivity index is 1.06. The fourth-order valence-electron chi connectivity index (χ4n) is 11.5.